The van der Waals surface area contributed by atoms with E-state index in [-0.39, 0.29) is 0 Å². The second-order valence-electron chi connectivity index (χ2n) is 5.75. The van der Waals surface area contributed by atoms with E-state index in [2.05, 4.69) is 52.8 Å². The molecule has 1 atom stereocenters. The van der Waals surface area contributed by atoms with Gasteiger partial charge in [0.15, 0.2) is 17.4 Å². The van der Waals surface area contributed by atoms with Crippen LogP contribution in [0.4, 0.5) is 0 Å². The van der Waals surface area contributed by atoms with Gasteiger partial charge in [-0.25, -0.2) is 0 Å². The van der Waals surface area contributed by atoms with E-state index in [0.29, 0.717) is 0 Å². The Labute approximate surface area is 106 Å². The fourth-order valence-electron chi connectivity index (χ4n) is 1.59. The lowest BCUT2D eigenvalue weighted by Gasteiger charge is -2.34. The van der Waals surface area contributed by atoms with Crippen molar-refractivity contribution < 1.29 is 12.3 Å². The fraction of sp³-hybridized carbons (Fsp3) is 1.00. The van der Waals surface area contributed by atoms with E-state index < -0.39 is 35.2 Å². The first-order chi connectivity index (χ1) is 7.06. The molecule has 0 amide bonds. The van der Waals surface area contributed by atoms with Crippen molar-refractivity contribution in [2.75, 3.05) is 0 Å². The largest absolute Gasteiger partial charge is 0.441 e. The molecule has 0 N–H and O–H groups in total. The third-order valence-electron chi connectivity index (χ3n) is 1.72. The Bertz CT molecular complexity index is 203. The molecule has 16 heavy (non-hydrogen) atoms. The van der Waals surface area contributed by atoms with Crippen LogP contribution in [0.5, 0.6) is 0 Å². The van der Waals surface area contributed by atoms with E-state index in [4.69, 9.17) is 12.3 Å². The van der Waals surface area contributed by atoms with Gasteiger partial charge < -0.3 is 12.3 Å². The standard InChI is InChI=1S/C9H28O3Si4/c1-9-14(10-13(2)3)11-16(7,8)12-15(4,5)6/h13-14H,9H2,1-8H3. The lowest BCUT2D eigenvalue weighted by molar-refractivity contribution is 0.351. The molecule has 0 aliphatic heterocycles. The van der Waals surface area contributed by atoms with Gasteiger partial charge in [0, 0.05) is 0 Å². The van der Waals surface area contributed by atoms with Crippen LogP contribution < -0.4 is 0 Å². The molecule has 0 rings (SSSR count). The molecule has 3 nitrogen and oxygen atoms in total. The first-order valence-corrected chi connectivity index (χ1v) is 16.9. The Morgan fingerprint density at radius 3 is 1.81 bits per heavy atom. The molecule has 0 aromatic carbocycles. The van der Waals surface area contributed by atoms with Crippen LogP contribution in [-0.2, 0) is 12.3 Å². The molecule has 1 unspecified atom stereocenters. The monoisotopic (exact) mass is 296 g/mol. The van der Waals surface area contributed by atoms with Crippen molar-refractivity contribution >= 4 is 35.2 Å². The highest BCUT2D eigenvalue weighted by molar-refractivity contribution is 6.84. The Morgan fingerprint density at radius 2 is 1.50 bits per heavy atom. The quantitative estimate of drug-likeness (QED) is 0.676. The summed E-state index contributed by atoms with van der Waals surface area (Å²) in [5.41, 5.74) is 0. The average Bonchev–Trinajstić information content (AvgIpc) is 1.96. The van der Waals surface area contributed by atoms with Gasteiger partial charge in [-0.05, 0) is 51.9 Å². The molecule has 0 spiro atoms. The highest BCUT2D eigenvalue weighted by Crippen LogP contribution is 2.17. The number of hydrogen-bond donors (Lipinski definition) is 0. The minimum atomic E-state index is -1.97. The summed E-state index contributed by atoms with van der Waals surface area (Å²) >= 11 is 0. The van der Waals surface area contributed by atoms with Crippen molar-refractivity contribution in [3.05, 3.63) is 0 Å². The molecule has 0 aliphatic rings. The molecule has 0 heterocycles. The van der Waals surface area contributed by atoms with Gasteiger partial charge in [-0.15, -0.1) is 0 Å². The second-order valence-corrected chi connectivity index (χ2v) is 19.4. The number of rotatable bonds is 7. The van der Waals surface area contributed by atoms with Crippen LogP contribution in [0.3, 0.4) is 0 Å². The molecule has 0 fully saturated rings. The normalized spacial score (nSPS) is 15.6. The van der Waals surface area contributed by atoms with E-state index in [1.54, 1.807) is 0 Å². The third kappa shape index (κ3) is 8.85. The van der Waals surface area contributed by atoms with Gasteiger partial charge >= 0.3 is 17.8 Å². The topological polar surface area (TPSA) is 27.7 Å². The van der Waals surface area contributed by atoms with Gasteiger partial charge in [-0.3, -0.25) is 0 Å². The summed E-state index contributed by atoms with van der Waals surface area (Å²) in [5, 5.41) is 0. The molecule has 0 radical (unpaired) electrons. The zero-order valence-electron chi connectivity index (χ0n) is 12.1. The maximum absolute atomic E-state index is 6.18. The predicted molar refractivity (Wildman–Crippen MR) is 80.6 cm³/mol. The van der Waals surface area contributed by atoms with Crippen LogP contribution in [-0.4, -0.2) is 35.2 Å². The van der Waals surface area contributed by atoms with Crippen molar-refractivity contribution in [3.8, 4) is 0 Å². The van der Waals surface area contributed by atoms with Crippen molar-refractivity contribution in [2.45, 2.75) is 58.8 Å². The molecule has 0 saturated heterocycles. The molecule has 0 aliphatic carbocycles. The van der Waals surface area contributed by atoms with Crippen LogP contribution >= 0.6 is 0 Å². The van der Waals surface area contributed by atoms with Gasteiger partial charge in [-0.1, -0.05) is 6.92 Å². The third-order valence-corrected chi connectivity index (χ3v) is 13.5. The van der Waals surface area contributed by atoms with Gasteiger partial charge in [0.2, 0.25) is 0 Å². The van der Waals surface area contributed by atoms with Crippen LogP contribution in [0, 0.1) is 0 Å². The van der Waals surface area contributed by atoms with E-state index in [1.165, 1.54) is 0 Å². The van der Waals surface area contributed by atoms with Crippen LogP contribution in [0.1, 0.15) is 6.92 Å². The molecule has 0 aromatic heterocycles. The Hall–Kier alpha value is 0.748. The summed E-state index contributed by atoms with van der Waals surface area (Å²) in [6, 6.07) is 1.04. The zero-order valence-corrected chi connectivity index (χ0v) is 16.4. The fourth-order valence-corrected chi connectivity index (χ4v) is 15.2. The molecule has 7 heteroatoms. The van der Waals surface area contributed by atoms with Crippen molar-refractivity contribution in [3.63, 3.8) is 0 Å². The lowest BCUT2D eigenvalue weighted by atomic mass is 11.0. The van der Waals surface area contributed by atoms with Crippen LogP contribution in [0.2, 0.25) is 51.9 Å². The molecular formula is C9H28O3Si4. The van der Waals surface area contributed by atoms with Gasteiger partial charge in [0.05, 0.1) is 0 Å². The summed E-state index contributed by atoms with van der Waals surface area (Å²) in [7, 11) is -5.90. The van der Waals surface area contributed by atoms with Crippen molar-refractivity contribution in [1.82, 2.24) is 0 Å². The predicted octanol–water partition coefficient (Wildman–Crippen LogP) is 2.80. The van der Waals surface area contributed by atoms with E-state index in [0.717, 1.165) is 6.04 Å². The van der Waals surface area contributed by atoms with E-state index in [9.17, 15) is 0 Å². The molecule has 0 saturated carbocycles. The van der Waals surface area contributed by atoms with E-state index in [1.807, 2.05) is 0 Å². The molecule has 98 valence electrons. The SMILES string of the molecule is CC[SiH](O[SiH](C)C)O[Si](C)(C)O[Si](C)(C)C. The maximum Gasteiger partial charge on any atom is 0.312 e. The smallest absolute Gasteiger partial charge is 0.312 e. The highest BCUT2D eigenvalue weighted by atomic mass is 28.5. The molecule has 0 bridgehead atoms. The maximum atomic E-state index is 6.18. The zero-order chi connectivity index (χ0) is 13.0. The first-order valence-electron chi connectivity index (χ1n) is 6.09. The summed E-state index contributed by atoms with van der Waals surface area (Å²) in [4.78, 5) is 0. The Balaban J connectivity index is 4.31. The number of hydrogen-bond acceptors (Lipinski definition) is 3. The Kier molecular flexibility index (Phi) is 6.93. The summed E-state index contributed by atoms with van der Waals surface area (Å²) < 4.78 is 18.3. The summed E-state index contributed by atoms with van der Waals surface area (Å²) in [6.45, 7) is 17.5. The molecular weight excluding hydrogens is 268 g/mol. The van der Waals surface area contributed by atoms with Crippen LogP contribution in [0.15, 0.2) is 0 Å². The van der Waals surface area contributed by atoms with E-state index >= 15 is 0 Å². The summed E-state index contributed by atoms with van der Waals surface area (Å²) in [6.07, 6.45) is 0. The van der Waals surface area contributed by atoms with Crippen molar-refractivity contribution in [2.24, 2.45) is 0 Å². The van der Waals surface area contributed by atoms with Gasteiger partial charge in [0.1, 0.15) is 0 Å². The first kappa shape index (κ1) is 16.7. The highest BCUT2D eigenvalue weighted by Gasteiger charge is 2.34. The van der Waals surface area contributed by atoms with Crippen molar-refractivity contribution in [1.29, 1.82) is 0 Å². The second kappa shape index (κ2) is 6.62. The lowest BCUT2D eigenvalue weighted by Crippen LogP contribution is -2.49. The van der Waals surface area contributed by atoms with Gasteiger partial charge in [0.25, 0.3) is 0 Å². The Morgan fingerprint density at radius 1 is 1.00 bits per heavy atom. The molecule has 0 aromatic rings. The van der Waals surface area contributed by atoms with Crippen LogP contribution in [0.25, 0.3) is 0 Å². The summed E-state index contributed by atoms with van der Waals surface area (Å²) in [5.74, 6) is 0. The minimum Gasteiger partial charge on any atom is -0.441 e. The average molecular weight is 297 g/mol. The minimum absolute atomic E-state index is 0.974. The van der Waals surface area contributed by atoms with Gasteiger partial charge in [-0.2, -0.15) is 0 Å².